The van der Waals surface area contributed by atoms with Gasteiger partial charge in [-0.15, -0.1) is 0 Å². The Morgan fingerprint density at radius 3 is 2.71 bits per heavy atom. The van der Waals surface area contributed by atoms with Gasteiger partial charge in [-0.05, 0) is 31.1 Å². The predicted octanol–water partition coefficient (Wildman–Crippen LogP) is 2.15. The monoisotopic (exact) mass is 238 g/mol. The summed E-state index contributed by atoms with van der Waals surface area (Å²) in [5.41, 5.74) is 5.94. The van der Waals surface area contributed by atoms with E-state index in [9.17, 15) is 4.79 Å². The Hall–Kier alpha value is -0.570. The number of hydrogen-bond donors (Lipinski definition) is 1. The second-order valence-corrected chi connectivity index (χ2v) is 5.77. The van der Waals surface area contributed by atoms with Crippen LogP contribution in [0, 0.1) is 11.8 Å². The van der Waals surface area contributed by atoms with E-state index in [0.717, 1.165) is 37.8 Å². The van der Waals surface area contributed by atoms with Crippen LogP contribution in [-0.2, 0) is 4.79 Å². The lowest BCUT2D eigenvalue weighted by Crippen LogP contribution is -2.50. The largest absolute Gasteiger partial charge is 0.341 e. The van der Waals surface area contributed by atoms with E-state index in [2.05, 4.69) is 6.92 Å². The first-order valence-electron chi connectivity index (χ1n) is 7.26. The van der Waals surface area contributed by atoms with Crippen molar-refractivity contribution in [1.82, 2.24) is 4.90 Å². The minimum Gasteiger partial charge on any atom is -0.341 e. The molecular formula is C14H26N2O. The molecule has 1 saturated carbocycles. The van der Waals surface area contributed by atoms with Crippen LogP contribution in [0.15, 0.2) is 0 Å². The molecule has 2 rings (SSSR count). The van der Waals surface area contributed by atoms with E-state index in [1.807, 2.05) is 4.90 Å². The highest BCUT2D eigenvalue weighted by atomic mass is 16.2. The Kier molecular flexibility index (Phi) is 4.43. The van der Waals surface area contributed by atoms with Crippen LogP contribution in [0.5, 0.6) is 0 Å². The fourth-order valence-corrected chi connectivity index (χ4v) is 3.47. The first-order chi connectivity index (χ1) is 8.22. The standard InChI is InChI=1S/C14H26N2O/c1-2-5-13(15)14(17)16-9-8-11-6-3-4-7-12(11)10-16/h11-13H,2-10,15H2,1H3. The number of nitrogens with zero attached hydrogens (tertiary/aromatic N) is 1. The van der Waals surface area contributed by atoms with Gasteiger partial charge < -0.3 is 10.6 Å². The second kappa shape index (κ2) is 5.85. The zero-order chi connectivity index (χ0) is 12.3. The molecule has 3 nitrogen and oxygen atoms in total. The van der Waals surface area contributed by atoms with Crippen molar-refractivity contribution in [1.29, 1.82) is 0 Å². The first kappa shape index (κ1) is 12.9. The van der Waals surface area contributed by atoms with Crippen LogP contribution >= 0.6 is 0 Å². The second-order valence-electron chi connectivity index (χ2n) is 5.77. The number of nitrogens with two attached hydrogens (primary N) is 1. The van der Waals surface area contributed by atoms with E-state index in [4.69, 9.17) is 5.73 Å². The molecule has 1 aliphatic heterocycles. The Bertz CT molecular complexity index is 267. The molecule has 3 atom stereocenters. The average Bonchev–Trinajstić information content (AvgIpc) is 2.37. The Morgan fingerprint density at radius 2 is 2.00 bits per heavy atom. The summed E-state index contributed by atoms with van der Waals surface area (Å²) < 4.78 is 0. The molecule has 0 aromatic rings. The SMILES string of the molecule is CCCC(N)C(=O)N1CCC2CCCCC2C1. The quantitative estimate of drug-likeness (QED) is 0.819. The minimum absolute atomic E-state index is 0.191. The van der Waals surface area contributed by atoms with Gasteiger partial charge in [-0.2, -0.15) is 0 Å². The van der Waals surface area contributed by atoms with Crippen LogP contribution in [0.25, 0.3) is 0 Å². The minimum atomic E-state index is -0.264. The van der Waals surface area contributed by atoms with Gasteiger partial charge in [0.15, 0.2) is 0 Å². The van der Waals surface area contributed by atoms with E-state index in [-0.39, 0.29) is 11.9 Å². The molecule has 17 heavy (non-hydrogen) atoms. The highest BCUT2D eigenvalue weighted by Gasteiger charge is 2.33. The van der Waals surface area contributed by atoms with Gasteiger partial charge in [-0.25, -0.2) is 0 Å². The maximum Gasteiger partial charge on any atom is 0.239 e. The maximum absolute atomic E-state index is 12.2. The van der Waals surface area contributed by atoms with Crippen LogP contribution in [0.2, 0.25) is 0 Å². The number of carbonyl (C=O) groups is 1. The molecule has 0 radical (unpaired) electrons. The fourth-order valence-electron chi connectivity index (χ4n) is 3.47. The van der Waals surface area contributed by atoms with Crippen molar-refractivity contribution < 1.29 is 4.79 Å². The molecule has 3 unspecified atom stereocenters. The third-order valence-corrected chi connectivity index (χ3v) is 4.52. The summed E-state index contributed by atoms with van der Waals surface area (Å²) in [6.45, 7) is 4.00. The van der Waals surface area contributed by atoms with Crippen molar-refractivity contribution >= 4 is 5.91 Å². The highest BCUT2D eigenvalue weighted by molar-refractivity contribution is 5.81. The molecule has 0 bridgehead atoms. The summed E-state index contributed by atoms with van der Waals surface area (Å²) in [5, 5.41) is 0. The summed E-state index contributed by atoms with van der Waals surface area (Å²) in [4.78, 5) is 14.2. The normalized spacial score (nSPS) is 30.8. The van der Waals surface area contributed by atoms with Crippen molar-refractivity contribution in [2.24, 2.45) is 17.6 Å². The van der Waals surface area contributed by atoms with Crippen molar-refractivity contribution in [2.75, 3.05) is 13.1 Å². The van der Waals surface area contributed by atoms with Crippen LogP contribution in [0.4, 0.5) is 0 Å². The van der Waals surface area contributed by atoms with E-state index >= 15 is 0 Å². The molecule has 2 aliphatic rings. The van der Waals surface area contributed by atoms with Crippen molar-refractivity contribution in [3.8, 4) is 0 Å². The predicted molar refractivity (Wildman–Crippen MR) is 69.5 cm³/mol. The molecule has 1 heterocycles. The number of amides is 1. The van der Waals surface area contributed by atoms with E-state index in [0.29, 0.717) is 0 Å². The lowest BCUT2D eigenvalue weighted by Gasteiger charge is -2.42. The number of likely N-dealkylation sites (tertiary alicyclic amines) is 1. The van der Waals surface area contributed by atoms with Gasteiger partial charge in [0.25, 0.3) is 0 Å². The highest BCUT2D eigenvalue weighted by Crippen LogP contribution is 2.36. The van der Waals surface area contributed by atoms with Crippen LogP contribution in [0.1, 0.15) is 51.9 Å². The van der Waals surface area contributed by atoms with E-state index in [1.54, 1.807) is 0 Å². The van der Waals surface area contributed by atoms with Crippen molar-refractivity contribution in [3.05, 3.63) is 0 Å². The summed E-state index contributed by atoms with van der Waals surface area (Å²) in [6.07, 6.45) is 8.46. The summed E-state index contributed by atoms with van der Waals surface area (Å²) in [6, 6.07) is -0.264. The smallest absolute Gasteiger partial charge is 0.239 e. The number of rotatable bonds is 3. The molecule has 1 aliphatic carbocycles. The van der Waals surface area contributed by atoms with Gasteiger partial charge in [0, 0.05) is 13.1 Å². The first-order valence-corrected chi connectivity index (χ1v) is 7.26. The Morgan fingerprint density at radius 1 is 1.29 bits per heavy atom. The number of carbonyl (C=O) groups excluding carboxylic acids is 1. The lowest BCUT2D eigenvalue weighted by atomic mass is 9.75. The zero-order valence-corrected chi connectivity index (χ0v) is 11.0. The summed E-state index contributed by atoms with van der Waals surface area (Å²) in [5.74, 6) is 1.83. The van der Waals surface area contributed by atoms with Crippen LogP contribution < -0.4 is 5.73 Å². The molecule has 2 N–H and O–H groups in total. The van der Waals surface area contributed by atoms with Crippen molar-refractivity contribution in [3.63, 3.8) is 0 Å². The van der Waals surface area contributed by atoms with Crippen molar-refractivity contribution in [2.45, 2.75) is 57.9 Å². The molecule has 98 valence electrons. The third-order valence-electron chi connectivity index (χ3n) is 4.52. The number of piperidine rings is 1. The average molecular weight is 238 g/mol. The van der Waals surface area contributed by atoms with Crippen LogP contribution in [0.3, 0.4) is 0 Å². The Balaban J connectivity index is 1.88. The molecule has 0 aromatic carbocycles. The molecule has 0 aromatic heterocycles. The number of fused-ring (bicyclic) bond motifs is 1. The zero-order valence-electron chi connectivity index (χ0n) is 11.0. The van der Waals surface area contributed by atoms with Crippen LogP contribution in [-0.4, -0.2) is 29.9 Å². The molecule has 1 saturated heterocycles. The third kappa shape index (κ3) is 3.01. The topological polar surface area (TPSA) is 46.3 Å². The molecule has 0 spiro atoms. The van der Waals surface area contributed by atoms with Gasteiger partial charge in [-0.1, -0.05) is 32.6 Å². The molecular weight excluding hydrogens is 212 g/mol. The number of hydrogen-bond acceptors (Lipinski definition) is 2. The van der Waals surface area contributed by atoms with Gasteiger partial charge in [-0.3, -0.25) is 4.79 Å². The van der Waals surface area contributed by atoms with Gasteiger partial charge >= 0.3 is 0 Å². The molecule has 3 heteroatoms. The van der Waals surface area contributed by atoms with Gasteiger partial charge in [0.05, 0.1) is 6.04 Å². The lowest BCUT2D eigenvalue weighted by molar-refractivity contribution is -0.135. The maximum atomic E-state index is 12.2. The summed E-state index contributed by atoms with van der Waals surface area (Å²) in [7, 11) is 0. The van der Waals surface area contributed by atoms with E-state index < -0.39 is 0 Å². The molecule has 1 amide bonds. The Labute approximate surface area is 105 Å². The fraction of sp³-hybridized carbons (Fsp3) is 0.929. The van der Waals surface area contributed by atoms with Gasteiger partial charge in [0.2, 0.25) is 5.91 Å². The van der Waals surface area contributed by atoms with E-state index in [1.165, 1.54) is 32.1 Å². The molecule has 2 fully saturated rings. The summed E-state index contributed by atoms with van der Waals surface area (Å²) >= 11 is 0. The van der Waals surface area contributed by atoms with Gasteiger partial charge in [0.1, 0.15) is 0 Å².